The molecular weight excluding hydrogens is 282 g/mol. The number of aryl methyl sites for hydroxylation is 1. The number of carbonyl (C=O) groups is 1. The third-order valence-electron chi connectivity index (χ3n) is 2.88. The second-order valence-electron chi connectivity index (χ2n) is 4.62. The quantitative estimate of drug-likeness (QED) is 0.795. The van der Waals surface area contributed by atoms with Crippen LogP contribution in [0.5, 0.6) is 0 Å². The number of hydrogen-bond donors (Lipinski definition) is 1. The molecule has 0 bridgehead atoms. The number of aliphatic carboxylic acids is 1. The van der Waals surface area contributed by atoms with Crippen molar-refractivity contribution in [2.45, 2.75) is 32.1 Å². The van der Waals surface area contributed by atoms with Crippen molar-refractivity contribution in [3.8, 4) is 0 Å². The monoisotopic (exact) mass is 296 g/mol. The van der Waals surface area contributed by atoms with Crippen LogP contribution in [0.25, 0.3) is 0 Å². The molecule has 0 saturated carbocycles. The number of carboxylic acids is 1. The van der Waals surface area contributed by atoms with Crippen LogP contribution < -0.4 is 0 Å². The lowest BCUT2D eigenvalue weighted by molar-refractivity contribution is -0.137. The Balaban J connectivity index is 1.87. The highest BCUT2D eigenvalue weighted by atomic mass is 19.2. The van der Waals surface area contributed by atoms with Gasteiger partial charge < -0.3 is 9.52 Å². The number of benzene rings is 1. The summed E-state index contributed by atoms with van der Waals surface area (Å²) in [5.41, 5.74) is 0.537. The lowest BCUT2D eigenvalue weighted by Crippen LogP contribution is -1.95. The Bertz CT molecular complexity index is 628. The van der Waals surface area contributed by atoms with Crippen LogP contribution in [0.15, 0.2) is 22.6 Å². The first-order chi connectivity index (χ1) is 10.0. The van der Waals surface area contributed by atoms with Crippen LogP contribution in [-0.4, -0.2) is 21.3 Å². The van der Waals surface area contributed by atoms with Crippen LogP contribution in [0, 0.1) is 11.6 Å². The molecule has 21 heavy (non-hydrogen) atoms. The van der Waals surface area contributed by atoms with E-state index >= 15 is 0 Å². The maximum atomic E-state index is 13.1. The summed E-state index contributed by atoms with van der Waals surface area (Å²) in [4.78, 5) is 10.4. The summed E-state index contributed by atoms with van der Waals surface area (Å²) in [6.45, 7) is 0. The van der Waals surface area contributed by atoms with Gasteiger partial charge in [-0.2, -0.15) is 0 Å². The molecule has 5 nitrogen and oxygen atoms in total. The Labute approximate surface area is 119 Å². The highest BCUT2D eigenvalue weighted by Crippen LogP contribution is 2.13. The number of rotatable bonds is 7. The van der Waals surface area contributed by atoms with Gasteiger partial charge in [0.15, 0.2) is 11.6 Å². The van der Waals surface area contributed by atoms with Crippen molar-refractivity contribution >= 4 is 5.97 Å². The molecule has 0 radical (unpaired) electrons. The molecule has 1 aromatic heterocycles. The molecule has 0 unspecified atom stereocenters. The van der Waals surface area contributed by atoms with Crippen molar-refractivity contribution in [3.63, 3.8) is 0 Å². The van der Waals surface area contributed by atoms with Crippen molar-refractivity contribution < 1.29 is 23.1 Å². The van der Waals surface area contributed by atoms with Gasteiger partial charge in [-0.25, -0.2) is 8.78 Å². The van der Waals surface area contributed by atoms with Crippen molar-refractivity contribution in [2.75, 3.05) is 0 Å². The van der Waals surface area contributed by atoms with E-state index in [1.165, 1.54) is 6.07 Å². The number of nitrogens with zero attached hydrogens (tertiary/aromatic N) is 2. The van der Waals surface area contributed by atoms with Crippen LogP contribution in [0.2, 0.25) is 0 Å². The first-order valence-electron chi connectivity index (χ1n) is 6.51. The van der Waals surface area contributed by atoms with E-state index in [9.17, 15) is 13.6 Å². The minimum atomic E-state index is -0.916. The van der Waals surface area contributed by atoms with Crippen molar-refractivity contribution in [2.24, 2.45) is 0 Å². The SMILES string of the molecule is O=C(O)CCCCc1nnc(Cc2ccc(F)c(F)c2)o1. The average molecular weight is 296 g/mol. The maximum absolute atomic E-state index is 13.1. The molecule has 2 rings (SSSR count). The minimum absolute atomic E-state index is 0.107. The second-order valence-corrected chi connectivity index (χ2v) is 4.62. The molecule has 1 heterocycles. The fourth-order valence-corrected chi connectivity index (χ4v) is 1.84. The summed E-state index contributed by atoms with van der Waals surface area (Å²) in [7, 11) is 0. The molecule has 112 valence electrons. The van der Waals surface area contributed by atoms with Crippen LogP contribution in [0.1, 0.15) is 36.6 Å². The van der Waals surface area contributed by atoms with Gasteiger partial charge in [0.25, 0.3) is 0 Å². The van der Waals surface area contributed by atoms with E-state index in [0.29, 0.717) is 36.6 Å². The van der Waals surface area contributed by atoms with Gasteiger partial charge in [-0.3, -0.25) is 4.79 Å². The molecule has 7 heteroatoms. The van der Waals surface area contributed by atoms with E-state index in [1.54, 1.807) is 0 Å². The van der Waals surface area contributed by atoms with E-state index < -0.39 is 17.6 Å². The third kappa shape index (κ3) is 4.62. The summed E-state index contributed by atoms with van der Waals surface area (Å²) in [5, 5.41) is 16.2. The zero-order valence-electron chi connectivity index (χ0n) is 11.2. The van der Waals surface area contributed by atoms with Gasteiger partial charge in [0.05, 0.1) is 6.42 Å². The van der Waals surface area contributed by atoms with E-state index in [-0.39, 0.29) is 12.8 Å². The summed E-state index contributed by atoms with van der Waals surface area (Å²) in [6.07, 6.45) is 2.00. The molecule has 0 aliphatic rings. The highest BCUT2D eigenvalue weighted by molar-refractivity contribution is 5.66. The number of halogens is 2. The molecule has 1 N–H and O–H groups in total. The van der Waals surface area contributed by atoms with Crippen molar-refractivity contribution in [3.05, 3.63) is 47.2 Å². The number of carboxylic acid groups (broad SMARTS) is 1. The Morgan fingerprint density at radius 1 is 1.14 bits per heavy atom. The molecule has 0 amide bonds. The molecule has 0 aliphatic heterocycles. The van der Waals surface area contributed by atoms with Crippen LogP contribution in [0.3, 0.4) is 0 Å². The highest BCUT2D eigenvalue weighted by Gasteiger charge is 2.09. The van der Waals surface area contributed by atoms with Gasteiger partial charge in [0.2, 0.25) is 11.8 Å². The standard InChI is InChI=1S/C14H14F2N2O3/c15-10-6-5-9(7-11(10)16)8-13-18-17-12(21-13)3-1-2-4-14(19)20/h5-7H,1-4,8H2,(H,19,20). The van der Waals surface area contributed by atoms with E-state index in [2.05, 4.69) is 10.2 Å². The summed E-state index contributed by atoms with van der Waals surface area (Å²) >= 11 is 0. The Kier molecular flexibility index (Phi) is 4.97. The second kappa shape index (κ2) is 6.92. The van der Waals surface area contributed by atoms with E-state index in [0.717, 1.165) is 12.1 Å². The normalized spacial score (nSPS) is 10.8. The first kappa shape index (κ1) is 15.1. The number of aromatic nitrogens is 2. The molecule has 0 atom stereocenters. The fourth-order valence-electron chi connectivity index (χ4n) is 1.84. The zero-order chi connectivity index (χ0) is 15.2. The molecule has 0 saturated heterocycles. The largest absolute Gasteiger partial charge is 0.481 e. The molecule has 2 aromatic rings. The van der Waals surface area contributed by atoms with Gasteiger partial charge >= 0.3 is 5.97 Å². The number of unbranched alkanes of at least 4 members (excludes halogenated alkanes) is 1. The van der Waals surface area contributed by atoms with Gasteiger partial charge in [0.1, 0.15) is 0 Å². The predicted octanol–water partition coefficient (Wildman–Crippen LogP) is 2.74. The van der Waals surface area contributed by atoms with Gasteiger partial charge in [0, 0.05) is 12.8 Å². The van der Waals surface area contributed by atoms with Crippen molar-refractivity contribution in [1.29, 1.82) is 0 Å². The van der Waals surface area contributed by atoms with E-state index in [1.807, 2.05) is 0 Å². The van der Waals surface area contributed by atoms with Crippen LogP contribution >= 0.6 is 0 Å². The molecule has 0 aliphatic carbocycles. The van der Waals surface area contributed by atoms with Crippen LogP contribution in [-0.2, 0) is 17.6 Å². The van der Waals surface area contributed by atoms with Gasteiger partial charge in [-0.05, 0) is 30.5 Å². The Morgan fingerprint density at radius 2 is 1.90 bits per heavy atom. The summed E-state index contributed by atoms with van der Waals surface area (Å²) in [5.74, 6) is -1.92. The lowest BCUT2D eigenvalue weighted by atomic mass is 10.1. The average Bonchev–Trinajstić information content (AvgIpc) is 2.86. The topological polar surface area (TPSA) is 76.2 Å². The maximum Gasteiger partial charge on any atom is 0.303 e. The molecular formula is C14H14F2N2O3. The van der Waals surface area contributed by atoms with E-state index in [4.69, 9.17) is 9.52 Å². The van der Waals surface area contributed by atoms with Crippen LogP contribution in [0.4, 0.5) is 8.78 Å². The first-order valence-corrected chi connectivity index (χ1v) is 6.51. The summed E-state index contributed by atoms with van der Waals surface area (Å²) in [6, 6.07) is 3.59. The lowest BCUT2D eigenvalue weighted by Gasteiger charge is -1.98. The fraction of sp³-hybridized carbons (Fsp3) is 0.357. The van der Waals surface area contributed by atoms with Gasteiger partial charge in [-0.15, -0.1) is 10.2 Å². The van der Waals surface area contributed by atoms with Gasteiger partial charge in [-0.1, -0.05) is 6.07 Å². The summed E-state index contributed by atoms with van der Waals surface area (Å²) < 4.78 is 31.3. The van der Waals surface area contributed by atoms with Crippen molar-refractivity contribution in [1.82, 2.24) is 10.2 Å². The Morgan fingerprint density at radius 3 is 2.62 bits per heavy atom. The smallest absolute Gasteiger partial charge is 0.303 e. The molecule has 1 aromatic carbocycles. The molecule has 0 spiro atoms. The number of hydrogen-bond acceptors (Lipinski definition) is 4. The molecule has 0 fully saturated rings. The Hall–Kier alpha value is -2.31. The predicted molar refractivity (Wildman–Crippen MR) is 68.7 cm³/mol. The third-order valence-corrected chi connectivity index (χ3v) is 2.88. The minimum Gasteiger partial charge on any atom is -0.481 e. The zero-order valence-corrected chi connectivity index (χ0v) is 11.2.